The van der Waals surface area contributed by atoms with Gasteiger partial charge in [0.15, 0.2) is 0 Å². The second-order valence-corrected chi connectivity index (χ2v) is 8.51. The second kappa shape index (κ2) is 5.24. The summed E-state index contributed by atoms with van der Waals surface area (Å²) in [5.41, 5.74) is 1.27. The molecule has 128 valence electrons. The average Bonchev–Trinajstić information content (AvgIpc) is 2.94. The molecule has 0 saturated carbocycles. The molecule has 0 radical (unpaired) electrons. The van der Waals surface area contributed by atoms with Crippen LogP contribution in [0.5, 0.6) is 0 Å². The van der Waals surface area contributed by atoms with Crippen LogP contribution in [0.25, 0.3) is 0 Å². The van der Waals surface area contributed by atoms with E-state index >= 15 is 0 Å². The van der Waals surface area contributed by atoms with Crippen LogP contribution in [-0.2, 0) is 16.4 Å². The molecule has 2 atom stereocenters. The van der Waals surface area contributed by atoms with Crippen LogP contribution in [0.15, 0.2) is 35.4 Å². The fraction of sp³-hybridized carbons (Fsp3) is 0.400. The zero-order chi connectivity index (χ0) is 17.1. The predicted molar refractivity (Wildman–Crippen MR) is 83.5 cm³/mol. The highest BCUT2D eigenvalue weighted by atomic mass is 35.5. The number of piperidine rings is 1. The Kier molecular flexibility index (Phi) is 3.49. The Bertz CT molecular complexity index is 882. The van der Waals surface area contributed by atoms with Gasteiger partial charge in [0.05, 0.1) is 17.1 Å². The van der Waals surface area contributed by atoms with Gasteiger partial charge in [-0.05, 0) is 24.3 Å². The van der Waals surface area contributed by atoms with Crippen molar-refractivity contribution in [2.75, 3.05) is 0 Å². The highest BCUT2D eigenvalue weighted by molar-refractivity contribution is 7.89. The molecule has 0 amide bonds. The molecule has 2 aliphatic heterocycles. The van der Waals surface area contributed by atoms with Crippen LogP contribution in [0.1, 0.15) is 30.1 Å². The maximum atomic E-state index is 14.1. The van der Waals surface area contributed by atoms with E-state index < -0.39 is 40.9 Å². The van der Waals surface area contributed by atoms with Crippen LogP contribution in [0.3, 0.4) is 0 Å². The molecule has 0 spiro atoms. The summed E-state index contributed by atoms with van der Waals surface area (Å²) in [4.78, 5) is 0.0547. The minimum atomic E-state index is -3.91. The summed E-state index contributed by atoms with van der Waals surface area (Å²) >= 11 is 5.81. The number of hydrogen-bond acceptors (Lipinski definition) is 3. The number of nitrogens with zero attached hydrogens (tertiary/aromatic N) is 2. The van der Waals surface area contributed by atoms with Crippen molar-refractivity contribution in [3.8, 4) is 0 Å². The van der Waals surface area contributed by atoms with E-state index in [1.807, 2.05) is 0 Å². The van der Waals surface area contributed by atoms with E-state index in [1.54, 1.807) is 0 Å². The van der Waals surface area contributed by atoms with Gasteiger partial charge in [-0.2, -0.15) is 9.40 Å². The molecule has 1 aromatic heterocycles. The van der Waals surface area contributed by atoms with Crippen LogP contribution in [0.4, 0.5) is 8.78 Å². The van der Waals surface area contributed by atoms with Gasteiger partial charge < -0.3 is 0 Å². The van der Waals surface area contributed by atoms with E-state index in [-0.39, 0.29) is 11.3 Å². The number of aromatic amines is 1. The molecule has 24 heavy (non-hydrogen) atoms. The monoisotopic (exact) mass is 373 g/mol. The van der Waals surface area contributed by atoms with Crippen molar-refractivity contribution in [3.05, 3.63) is 46.7 Å². The van der Waals surface area contributed by atoms with Crippen molar-refractivity contribution in [1.29, 1.82) is 0 Å². The summed E-state index contributed by atoms with van der Waals surface area (Å²) in [6, 6.07) is 4.04. The molecule has 0 aliphatic carbocycles. The highest BCUT2D eigenvalue weighted by Gasteiger charge is 2.54. The molecular weight excluding hydrogens is 360 g/mol. The highest BCUT2D eigenvalue weighted by Crippen LogP contribution is 2.49. The van der Waals surface area contributed by atoms with Crippen LogP contribution in [-0.4, -0.2) is 34.9 Å². The second-order valence-electron chi connectivity index (χ2n) is 6.23. The summed E-state index contributed by atoms with van der Waals surface area (Å²) in [6.45, 7) is 0. The van der Waals surface area contributed by atoms with E-state index in [9.17, 15) is 17.2 Å². The van der Waals surface area contributed by atoms with E-state index in [4.69, 9.17) is 11.6 Å². The Morgan fingerprint density at radius 2 is 1.96 bits per heavy atom. The number of alkyl halides is 2. The maximum absolute atomic E-state index is 14.1. The Morgan fingerprint density at radius 1 is 1.25 bits per heavy atom. The Labute approximate surface area is 142 Å². The molecule has 9 heteroatoms. The molecule has 2 bridgehead atoms. The Hall–Kier alpha value is -1.51. The van der Waals surface area contributed by atoms with Crippen LogP contribution in [0.2, 0.25) is 5.02 Å². The zero-order valence-electron chi connectivity index (χ0n) is 12.4. The number of nitrogens with one attached hydrogen (secondary N) is 1. The molecule has 1 aromatic carbocycles. The van der Waals surface area contributed by atoms with Gasteiger partial charge in [-0.25, -0.2) is 17.2 Å². The Balaban J connectivity index is 1.82. The van der Waals surface area contributed by atoms with E-state index in [1.165, 1.54) is 34.8 Å². The lowest BCUT2D eigenvalue weighted by molar-refractivity contribution is -0.0847. The first-order valence-electron chi connectivity index (χ1n) is 7.47. The smallest absolute Gasteiger partial charge is 0.251 e. The first-order chi connectivity index (χ1) is 11.3. The third-order valence-electron chi connectivity index (χ3n) is 4.63. The normalized spacial score (nSPS) is 26.1. The van der Waals surface area contributed by atoms with Crippen molar-refractivity contribution in [3.63, 3.8) is 0 Å². The number of benzene rings is 1. The van der Waals surface area contributed by atoms with Gasteiger partial charge in [0, 0.05) is 41.6 Å². The van der Waals surface area contributed by atoms with Gasteiger partial charge in [0.25, 0.3) is 5.92 Å². The SMILES string of the molecule is O=S(=O)(c1ccc(Cl)cc1)N1C2Cc3[nH]ncc3C1CC(F)(F)C2. The number of hydrogen-bond donors (Lipinski definition) is 1. The van der Waals surface area contributed by atoms with E-state index in [0.717, 1.165) is 5.69 Å². The lowest BCUT2D eigenvalue weighted by Crippen LogP contribution is -2.54. The molecule has 2 unspecified atom stereocenters. The number of rotatable bonds is 2. The van der Waals surface area contributed by atoms with Crippen LogP contribution in [0, 0.1) is 0 Å². The van der Waals surface area contributed by atoms with Gasteiger partial charge in [0.1, 0.15) is 0 Å². The van der Waals surface area contributed by atoms with E-state index in [0.29, 0.717) is 10.6 Å². The van der Waals surface area contributed by atoms with Gasteiger partial charge in [-0.3, -0.25) is 5.10 Å². The topological polar surface area (TPSA) is 66.1 Å². The number of fused-ring (bicyclic) bond motifs is 4. The number of aromatic nitrogens is 2. The molecule has 3 heterocycles. The molecule has 1 N–H and O–H groups in total. The van der Waals surface area contributed by atoms with Crippen molar-refractivity contribution >= 4 is 21.6 Å². The molecule has 5 nitrogen and oxygen atoms in total. The average molecular weight is 374 g/mol. The minimum Gasteiger partial charge on any atom is -0.282 e. The maximum Gasteiger partial charge on any atom is 0.251 e. The molecule has 4 rings (SSSR count). The van der Waals surface area contributed by atoms with Crippen LogP contribution >= 0.6 is 11.6 Å². The molecular formula is C15H14ClF2N3O2S. The third-order valence-corrected chi connectivity index (χ3v) is 6.86. The zero-order valence-corrected chi connectivity index (χ0v) is 14.0. The first kappa shape index (κ1) is 16.0. The van der Waals surface area contributed by atoms with Crippen molar-refractivity contribution in [2.24, 2.45) is 0 Å². The van der Waals surface area contributed by atoms with Gasteiger partial charge in [-0.15, -0.1) is 0 Å². The van der Waals surface area contributed by atoms with Crippen molar-refractivity contribution < 1.29 is 17.2 Å². The summed E-state index contributed by atoms with van der Waals surface area (Å²) in [5, 5.41) is 7.12. The van der Waals surface area contributed by atoms with Crippen molar-refractivity contribution in [1.82, 2.24) is 14.5 Å². The number of sulfonamides is 1. The predicted octanol–water partition coefficient (Wildman–Crippen LogP) is 3.15. The Morgan fingerprint density at radius 3 is 2.67 bits per heavy atom. The quantitative estimate of drug-likeness (QED) is 0.879. The molecule has 1 saturated heterocycles. The van der Waals surface area contributed by atoms with Crippen LogP contribution < -0.4 is 0 Å². The molecule has 2 aliphatic rings. The first-order valence-corrected chi connectivity index (χ1v) is 9.29. The van der Waals surface area contributed by atoms with E-state index in [2.05, 4.69) is 10.2 Å². The summed E-state index contributed by atoms with van der Waals surface area (Å²) < 4.78 is 55.5. The lowest BCUT2D eigenvalue weighted by atomic mass is 9.83. The van der Waals surface area contributed by atoms with Gasteiger partial charge in [0.2, 0.25) is 10.0 Å². The summed E-state index contributed by atoms with van der Waals surface area (Å²) in [5.74, 6) is -2.89. The summed E-state index contributed by atoms with van der Waals surface area (Å²) in [7, 11) is -3.91. The fourth-order valence-corrected chi connectivity index (χ4v) is 5.57. The fourth-order valence-electron chi connectivity index (χ4n) is 3.66. The molecule has 1 fully saturated rings. The summed E-state index contributed by atoms with van der Waals surface area (Å²) in [6.07, 6.45) is 0.619. The molecule has 2 aromatic rings. The minimum absolute atomic E-state index is 0.0547. The number of H-pyrrole nitrogens is 1. The lowest BCUT2D eigenvalue weighted by Gasteiger charge is -2.46. The standard InChI is InChI=1S/C15H14ClF2N3O2S/c16-9-1-3-11(4-2-9)24(22,23)21-10-5-13-12(8-19-20-13)14(21)7-15(17,18)6-10/h1-4,8,10,14H,5-7H2,(H,19,20). The van der Waals surface area contributed by atoms with Gasteiger partial charge in [-0.1, -0.05) is 11.6 Å². The van der Waals surface area contributed by atoms with Crippen molar-refractivity contribution in [2.45, 2.75) is 42.2 Å². The number of halogens is 3. The third kappa shape index (κ3) is 2.44. The largest absolute Gasteiger partial charge is 0.282 e. The van der Waals surface area contributed by atoms with Gasteiger partial charge >= 0.3 is 0 Å².